The Balaban J connectivity index is 2.13. The van der Waals surface area contributed by atoms with Crippen LogP contribution in [0.3, 0.4) is 0 Å². The number of hydrogen-bond acceptors (Lipinski definition) is 4. The van der Waals surface area contributed by atoms with E-state index in [9.17, 15) is 5.11 Å². The first-order valence-electron chi connectivity index (χ1n) is 3.38. The van der Waals surface area contributed by atoms with Crippen LogP contribution in [-0.2, 0) is 9.47 Å². The van der Waals surface area contributed by atoms with Gasteiger partial charge in [0.2, 0.25) is 0 Å². The molecule has 2 saturated heterocycles. The van der Waals surface area contributed by atoms with Crippen molar-refractivity contribution in [2.75, 3.05) is 13.2 Å². The monoisotopic (exact) mass is 146 g/mol. The first kappa shape index (κ1) is 6.54. The predicted molar refractivity (Wildman–Crippen MR) is 31.5 cm³/mol. The van der Waals surface area contributed by atoms with Crippen LogP contribution in [0.2, 0.25) is 0 Å². The van der Waals surface area contributed by atoms with Gasteiger partial charge >= 0.3 is 0 Å². The number of aliphatic hydroxyl groups is 2. The van der Waals surface area contributed by atoms with Crippen LogP contribution in [0.15, 0.2) is 0 Å². The third-order valence-electron chi connectivity index (χ3n) is 2.03. The van der Waals surface area contributed by atoms with Crippen LogP contribution in [0, 0.1) is 0 Å². The number of aliphatic hydroxyl groups excluding tert-OH is 2. The molecule has 2 bridgehead atoms. The van der Waals surface area contributed by atoms with Crippen molar-refractivity contribution in [2.45, 2.75) is 24.4 Å². The zero-order chi connectivity index (χ0) is 7.14. The average Bonchev–Trinajstić information content (AvgIpc) is 2.13. The molecule has 2 heterocycles. The molecule has 0 aliphatic carbocycles. The Hall–Kier alpha value is -0.160. The minimum Gasteiger partial charge on any atom is -0.388 e. The summed E-state index contributed by atoms with van der Waals surface area (Å²) in [6, 6.07) is 0. The predicted octanol–water partition coefficient (Wildman–Crippen LogP) is -1.49. The molecule has 2 aliphatic rings. The highest BCUT2D eigenvalue weighted by Crippen LogP contribution is 2.25. The number of ether oxygens (including phenoxy) is 2. The SMILES string of the molecule is O[C@H]1[C@@H]2OC[C@H]1OC[C@H]2O. The normalized spacial score (nSPS) is 53.4. The van der Waals surface area contributed by atoms with Crippen molar-refractivity contribution < 1.29 is 19.7 Å². The molecule has 2 N–H and O–H groups in total. The summed E-state index contributed by atoms with van der Waals surface area (Å²) in [6.45, 7) is 0.690. The molecule has 2 aliphatic heterocycles. The van der Waals surface area contributed by atoms with Gasteiger partial charge < -0.3 is 19.7 Å². The van der Waals surface area contributed by atoms with Crippen molar-refractivity contribution in [2.24, 2.45) is 0 Å². The van der Waals surface area contributed by atoms with E-state index in [-0.39, 0.29) is 12.7 Å². The van der Waals surface area contributed by atoms with Gasteiger partial charge in [-0.1, -0.05) is 0 Å². The van der Waals surface area contributed by atoms with Gasteiger partial charge in [-0.3, -0.25) is 0 Å². The molecule has 0 aromatic carbocycles. The lowest BCUT2D eigenvalue weighted by Crippen LogP contribution is -2.47. The van der Waals surface area contributed by atoms with Gasteiger partial charge in [0.25, 0.3) is 0 Å². The summed E-state index contributed by atoms with van der Waals surface area (Å²) in [5.74, 6) is 0. The summed E-state index contributed by atoms with van der Waals surface area (Å²) in [4.78, 5) is 0. The molecular formula is C6H10O4. The van der Waals surface area contributed by atoms with Crippen LogP contribution < -0.4 is 0 Å². The second-order valence-electron chi connectivity index (χ2n) is 2.73. The molecular weight excluding hydrogens is 136 g/mol. The maximum atomic E-state index is 9.27. The lowest BCUT2D eigenvalue weighted by atomic mass is 10.0. The van der Waals surface area contributed by atoms with E-state index in [0.717, 1.165) is 0 Å². The van der Waals surface area contributed by atoms with E-state index < -0.39 is 18.3 Å². The summed E-state index contributed by atoms with van der Waals surface area (Å²) < 4.78 is 10.1. The first-order chi connectivity index (χ1) is 4.79. The molecule has 4 nitrogen and oxygen atoms in total. The molecule has 0 saturated carbocycles. The third-order valence-corrected chi connectivity index (χ3v) is 2.03. The smallest absolute Gasteiger partial charge is 0.114 e. The van der Waals surface area contributed by atoms with Gasteiger partial charge in [0.05, 0.1) is 13.2 Å². The summed E-state index contributed by atoms with van der Waals surface area (Å²) in [5, 5.41) is 18.4. The van der Waals surface area contributed by atoms with Gasteiger partial charge in [-0.25, -0.2) is 0 Å². The number of rotatable bonds is 0. The van der Waals surface area contributed by atoms with E-state index in [1.54, 1.807) is 0 Å². The highest BCUT2D eigenvalue weighted by atomic mass is 16.6. The number of hydrogen-bond donors (Lipinski definition) is 2. The van der Waals surface area contributed by atoms with Crippen LogP contribution in [0.5, 0.6) is 0 Å². The fourth-order valence-corrected chi connectivity index (χ4v) is 1.42. The quantitative estimate of drug-likeness (QED) is 0.437. The molecule has 10 heavy (non-hydrogen) atoms. The topological polar surface area (TPSA) is 58.9 Å². The highest BCUT2D eigenvalue weighted by molar-refractivity contribution is 4.92. The Morgan fingerprint density at radius 2 is 1.90 bits per heavy atom. The maximum absolute atomic E-state index is 9.27. The molecule has 0 radical (unpaired) electrons. The molecule has 0 spiro atoms. The highest BCUT2D eigenvalue weighted by Gasteiger charge is 2.45. The van der Waals surface area contributed by atoms with Crippen LogP contribution in [0.25, 0.3) is 0 Å². The van der Waals surface area contributed by atoms with Crippen LogP contribution in [-0.4, -0.2) is 47.8 Å². The molecule has 2 rings (SSSR count). The fraction of sp³-hybridized carbons (Fsp3) is 1.00. The van der Waals surface area contributed by atoms with E-state index in [0.29, 0.717) is 6.61 Å². The third kappa shape index (κ3) is 0.769. The maximum Gasteiger partial charge on any atom is 0.114 e. The van der Waals surface area contributed by atoms with Gasteiger partial charge in [-0.05, 0) is 0 Å². The molecule has 0 aromatic heterocycles. The molecule has 0 aromatic rings. The minimum atomic E-state index is -0.659. The van der Waals surface area contributed by atoms with E-state index >= 15 is 0 Å². The molecule has 0 unspecified atom stereocenters. The Labute approximate surface area is 58.4 Å². The van der Waals surface area contributed by atoms with Gasteiger partial charge in [0, 0.05) is 0 Å². The van der Waals surface area contributed by atoms with Crippen molar-refractivity contribution in [1.82, 2.24) is 0 Å². The average molecular weight is 146 g/mol. The zero-order valence-electron chi connectivity index (χ0n) is 5.43. The van der Waals surface area contributed by atoms with Gasteiger partial charge in [0.15, 0.2) is 0 Å². The van der Waals surface area contributed by atoms with Crippen LogP contribution in [0.4, 0.5) is 0 Å². The number of fused-ring (bicyclic) bond motifs is 2. The summed E-state index contributed by atoms with van der Waals surface area (Å²) in [5.41, 5.74) is 0. The fourth-order valence-electron chi connectivity index (χ4n) is 1.42. The summed E-state index contributed by atoms with van der Waals surface area (Å²) in [7, 11) is 0. The van der Waals surface area contributed by atoms with Gasteiger partial charge in [-0.2, -0.15) is 0 Å². The Morgan fingerprint density at radius 1 is 1.10 bits per heavy atom. The van der Waals surface area contributed by atoms with Crippen molar-refractivity contribution in [3.05, 3.63) is 0 Å². The van der Waals surface area contributed by atoms with Crippen molar-refractivity contribution >= 4 is 0 Å². The minimum absolute atomic E-state index is 0.214. The van der Waals surface area contributed by atoms with Gasteiger partial charge in [0.1, 0.15) is 24.4 Å². The van der Waals surface area contributed by atoms with Crippen LogP contribution >= 0.6 is 0 Å². The Morgan fingerprint density at radius 3 is 2.60 bits per heavy atom. The Kier molecular flexibility index (Phi) is 1.42. The second-order valence-corrected chi connectivity index (χ2v) is 2.73. The molecule has 2 fully saturated rings. The lowest BCUT2D eigenvalue weighted by molar-refractivity contribution is -0.126. The van der Waals surface area contributed by atoms with Crippen molar-refractivity contribution in [1.29, 1.82) is 0 Å². The molecule has 58 valence electrons. The van der Waals surface area contributed by atoms with E-state index in [2.05, 4.69) is 0 Å². The molecule has 0 amide bonds. The lowest BCUT2D eigenvalue weighted by Gasteiger charge is -2.27. The summed E-state index contributed by atoms with van der Waals surface area (Å²) >= 11 is 0. The molecule has 4 heteroatoms. The first-order valence-corrected chi connectivity index (χ1v) is 3.38. The van der Waals surface area contributed by atoms with E-state index in [4.69, 9.17) is 14.6 Å². The standard InChI is InChI=1S/C6H10O4/c7-3-1-9-4-2-10-6(3)5(4)8/h3-8H,1-2H2/t3-,4-,5-,6-/m1/s1. The van der Waals surface area contributed by atoms with E-state index in [1.807, 2.05) is 0 Å². The summed E-state index contributed by atoms with van der Waals surface area (Å²) in [6.07, 6.45) is -1.93. The van der Waals surface area contributed by atoms with Crippen molar-refractivity contribution in [3.8, 4) is 0 Å². The van der Waals surface area contributed by atoms with E-state index in [1.165, 1.54) is 0 Å². The largest absolute Gasteiger partial charge is 0.388 e. The zero-order valence-corrected chi connectivity index (χ0v) is 5.43. The van der Waals surface area contributed by atoms with Crippen molar-refractivity contribution in [3.63, 3.8) is 0 Å². The molecule has 4 atom stereocenters. The van der Waals surface area contributed by atoms with Crippen LogP contribution in [0.1, 0.15) is 0 Å². The second kappa shape index (κ2) is 2.17. The Bertz CT molecular complexity index is 138. The van der Waals surface area contributed by atoms with Gasteiger partial charge in [-0.15, -0.1) is 0 Å².